The molecule has 0 aliphatic heterocycles. The Morgan fingerprint density at radius 1 is 1.35 bits per heavy atom. The lowest BCUT2D eigenvalue weighted by Gasteiger charge is -2.04. The van der Waals surface area contributed by atoms with Gasteiger partial charge in [0.1, 0.15) is 0 Å². The quantitative estimate of drug-likeness (QED) is 0.630. The number of phenols is 1. The molecule has 0 saturated heterocycles. The SMILES string of the molecule is COc1cc(/C=C/[N+](=O)[O-])cc([N+](=O)[O-])c1O. The van der Waals surface area contributed by atoms with Crippen molar-refractivity contribution in [2.45, 2.75) is 0 Å². The molecule has 0 heterocycles. The Bertz CT molecular complexity index is 497. The molecule has 0 amide bonds. The topological polar surface area (TPSA) is 116 Å². The van der Waals surface area contributed by atoms with E-state index in [1.807, 2.05) is 0 Å². The van der Waals surface area contributed by atoms with Crippen LogP contribution in [0.3, 0.4) is 0 Å². The molecule has 90 valence electrons. The van der Waals surface area contributed by atoms with Crippen LogP contribution in [0.25, 0.3) is 6.08 Å². The van der Waals surface area contributed by atoms with Gasteiger partial charge in [0.05, 0.1) is 17.0 Å². The lowest BCUT2D eigenvalue weighted by molar-refractivity contribution is -0.400. The molecule has 0 aliphatic rings. The average Bonchev–Trinajstić information content (AvgIpc) is 2.27. The summed E-state index contributed by atoms with van der Waals surface area (Å²) in [5.41, 5.74) is -0.393. The third-order valence-corrected chi connectivity index (χ3v) is 1.88. The number of benzene rings is 1. The molecule has 0 spiro atoms. The Balaban J connectivity index is 3.30. The van der Waals surface area contributed by atoms with Gasteiger partial charge in [-0.05, 0) is 11.6 Å². The predicted octanol–water partition coefficient (Wildman–Crippen LogP) is 1.56. The minimum Gasteiger partial charge on any atom is -0.500 e. The lowest BCUT2D eigenvalue weighted by atomic mass is 10.1. The van der Waals surface area contributed by atoms with Gasteiger partial charge >= 0.3 is 5.69 Å². The van der Waals surface area contributed by atoms with Gasteiger partial charge in [-0.1, -0.05) is 0 Å². The normalized spacial score (nSPS) is 10.4. The van der Waals surface area contributed by atoms with E-state index < -0.39 is 21.3 Å². The Hall–Kier alpha value is -2.64. The maximum Gasteiger partial charge on any atom is 0.315 e. The molecule has 0 atom stereocenters. The molecule has 0 saturated carbocycles. The number of nitro benzene ring substituents is 1. The second-order valence-electron chi connectivity index (χ2n) is 2.95. The highest BCUT2D eigenvalue weighted by atomic mass is 16.6. The first-order chi connectivity index (χ1) is 7.95. The molecule has 17 heavy (non-hydrogen) atoms. The van der Waals surface area contributed by atoms with Crippen LogP contribution in [-0.4, -0.2) is 22.1 Å². The summed E-state index contributed by atoms with van der Waals surface area (Å²) < 4.78 is 4.73. The van der Waals surface area contributed by atoms with Gasteiger partial charge in [0.2, 0.25) is 11.9 Å². The lowest BCUT2D eigenvalue weighted by Crippen LogP contribution is -1.93. The van der Waals surface area contributed by atoms with Crippen LogP contribution in [-0.2, 0) is 0 Å². The van der Waals surface area contributed by atoms with Gasteiger partial charge in [0.15, 0.2) is 5.75 Å². The molecule has 0 aliphatic carbocycles. The van der Waals surface area contributed by atoms with Crippen LogP contribution in [0.5, 0.6) is 11.5 Å². The first kappa shape index (κ1) is 12.4. The second-order valence-corrected chi connectivity index (χ2v) is 2.95. The van der Waals surface area contributed by atoms with Gasteiger partial charge in [-0.2, -0.15) is 0 Å². The molecule has 1 aromatic carbocycles. The van der Waals surface area contributed by atoms with Crippen LogP contribution in [0, 0.1) is 20.2 Å². The third kappa shape index (κ3) is 2.91. The third-order valence-electron chi connectivity index (χ3n) is 1.88. The molecular weight excluding hydrogens is 232 g/mol. The molecule has 1 rings (SSSR count). The van der Waals surface area contributed by atoms with Gasteiger partial charge in [-0.15, -0.1) is 0 Å². The zero-order valence-electron chi connectivity index (χ0n) is 8.69. The summed E-state index contributed by atoms with van der Waals surface area (Å²) >= 11 is 0. The summed E-state index contributed by atoms with van der Waals surface area (Å²) in [6.45, 7) is 0. The van der Waals surface area contributed by atoms with E-state index in [1.54, 1.807) is 0 Å². The smallest absolute Gasteiger partial charge is 0.315 e. The van der Waals surface area contributed by atoms with Crippen molar-refractivity contribution < 1.29 is 19.7 Å². The van der Waals surface area contributed by atoms with E-state index >= 15 is 0 Å². The Morgan fingerprint density at radius 3 is 2.47 bits per heavy atom. The highest BCUT2D eigenvalue weighted by molar-refractivity contribution is 5.63. The number of hydrogen-bond donors (Lipinski definition) is 1. The van der Waals surface area contributed by atoms with Gasteiger partial charge in [0.25, 0.3) is 0 Å². The maximum absolute atomic E-state index is 10.6. The summed E-state index contributed by atoms with van der Waals surface area (Å²) in [6.07, 6.45) is 1.70. The summed E-state index contributed by atoms with van der Waals surface area (Å²) in [7, 11) is 1.22. The molecule has 1 N–H and O–H groups in total. The summed E-state index contributed by atoms with van der Waals surface area (Å²) in [4.78, 5) is 19.2. The van der Waals surface area contributed by atoms with Gasteiger partial charge in [0, 0.05) is 12.1 Å². The maximum atomic E-state index is 10.6. The Kier molecular flexibility index (Phi) is 3.60. The van der Waals surface area contributed by atoms with Crippen LogP contribution in [0.1, 0.15) is 5.56 Å². The van der Waals surface area contributed by atoms with Gasteiger partial charge in [-0.3, -0.25) is 20.2 Å². The van der Waals surface area contributed by atoms with E-state index in [4.69, 9.17) is 4.74 Å². The van der Waals surface area contributed by atoms with Crippen molar-refractivity contribution in [1.82, 2.24) is 0 Å². The molecule has 8 heteroatoms. The number of nitro groups is 2. The van der Waals surface area contributed by atoms with Crippen molar-refractivity contribution in [3.05, 3.63) is 44.1 Å². The van der Waals surface area contributed by atoms with Crippen LogP contribution < -0.4 is 4.74 Å². The van der Waals surface area contributed by atoms with Crippen LogP contribution in [0.2, 0.25) is 0 Å². The van der Waals surface area contributed by atoms with Crippen LogP contribution in [0.4, 0.5) is 5.69 Å². The number of phenolic OH excluding ortho intramolecular Hbond substituents is 1. The summed E-state index contributed by atoms with van der Waals surface area (Å²) in [5, 5.41) is 30.2. The molecule has 0 bridgehead atoms. The van der Waals surface area contributed by atoms with Crippen molar-refractivity contribution in [3.8, 4) is 11.5 Å². The van der Waals surface area contributed by atoms with Gasteiger partial charge < -0.3 is 9.84 Å². The highest BCUT2D eigenvalue weighted by Gasteiger charge is 2.19. The van der Waals surface area contributed by atoms with Crippen LogP contribution in [0.15, 0.2) is 18.3 Å². The minimum atomic E-state index is -0.804. The molecule has 0 radical (unpaired) electrons. The largest absolute Gasteiger partial charge is 0.500 e. The van der Waals surface area contributed by atoms with Gasteiger partial charge in [-0.25, -0.2) is 0 Å². The number of ether oxygens (including phenoxy) is 1. The van der Waals surface area contributed by atoms with E-state index in [-0.39, 0.29) is 11.3 Å². The second kappa shape index (κ2) is 4.92. The fourth-order valence-electron chi connectivity index (χ4n) is 1.15. The molecule has 1 aromatic rings. The zero-order chi connectivity index (χ0) is 13.0. The van der Waals surface area contributed by atoms with Crippen molar-refractivity contribution >= 4 is 11.8 Å². The average molecular weight is 240 g/mol. The number of aromatic hydroxyl groups is 1. The molecule has 0 fully saturated rings. The van der Waals surface area contributed by atoms with E-state index in [2.05, 4.69) is 0 Å². The van der Waals surface area contributed by atoms with E-state index in [0.29, 0.717) is 6.20 Å². The molecule has 0 aromatic heterocycles. The molecular formula is C9H8N2O6. The van der Waals surface area contributed by atoms with E-state index in [9.17, 15) is 25.3 Å². The monoisotopic (exact) mass is 240 g/mol. The summed E-state index contributed by atoms with van der Waals surface area (Å²) in [6, 6.07) is 2.26. The van der Waals surface area contributed by atoms with E-state index in [1.165, 1.54) is 13.2 Å². The van der Waals surface area contributed by atoms with Crippen molar-refractivity contribution in [2.75, 3.05) is 7.11 Å². The van der Waals surface area contributed by atoms with Crippen LogP contribution >= 0.6 is 0 Å². The minimum absolute atomic E-state index is 0.123. The zero-order valence-corrected chi connectivity index (χ0v) is 8.69. The fourth-order valence-corrected chi connectivity index (χ4v) is 1.15. The Labute approximate surface area is 95.1 Å². The fraction of sp³-hybridized carbons (Fsp3) is 0.111. The highest BCUT2D eigenvalue weighted by Crippen LogP contribution is 2.37. The summed E-state index contributed by atoms with van der Waals surface area (Å²) in [5.74, 6) is -0.738. The van der Waals surface area contributed by atoms with Crippen molar-refractivity contribution in [1.29, 1.82) is 0 Å². The molecule has 0 unspecified atom stereocenters. The van der Waals surface area contributed by atoms with E-state index in [0.717, 1.165) is 12.1 Å². The number of hydrogen-bond acceptors (Lipinski definition) is 6. The predicted molar refractivity (Wildman–Crippen MR) is 57.3 cm³/mol. The Morgan fingerprint density at radius 2 is 2.00 bits per heavy atom. The number of nitrogens with zero attached hydrogens (tertiary/aromatic N) is 2. The first-order valence-electron chi connectivity index (χ1n) is 4.32. The number of rotatable bonds is 4. The van der Waals surface area contributed by atoms with Crippen molar-refractivity contribution in [3.63, 3.8) is 0 Å². The number of methoxy groups -OCH3 is 1. The standard InChI is InChI=1S/C9H8N2O6/c1-17-8-5-6(2-3-10(13)14)4-7(9(8)12)11(15)16/h2-5,12H,1H3/b3-2+. The first-order valence-corrected chi connectivity index (χ1v) is 4.32. The van der Waals surface area contributed by atoms with Crippen molar-refractivity contribution in [2.24, 2.45) is 0 Å². The molecule has 8 nitrogen and oxygen atoms in total.